The summed E-state index contributed by atoms with van der Waals surface area (Å²) in [6, 6.07) is 8.91. The first-order chi connectivity index (χ1) is 12.2. The number of carbonyl (C=O) groups is 2. The first-order valence-corrected chi connectivity index (χ1v) is 8.73. The Morgan fingerprint density at radius 2 is 2.16 bits per heavy atom. The van der Waals surface area contributed by atoms with Crippen molar-refractivity contribution < 1.29 is 14.3 Å². The Kier molecular flexibility index (Phi) is 5.48. The predicted molar refractivity (Wildman–Crippen MR) is 93.1 cm³/mol. The lowest BCUT2D eigenvalue weighted by molar-refractivity contribution is -0.149. The van der Waals surface area contributed by atoms with Crippen LogP contribution in [0.1, 0.15) is 42.1 Å². The van der Waals surface area contributed by atoms with E-state index in [-0.39, 0.29) is 11.9 Å². The van der Waals surface area contributed by atoms with E-state index in [1.807, 2.05) is 35.1 Å². The lowest BCUT2D eigenvalue weighted by atomic mass is 10.00. The van der Waals surface area contributed by atoms with Gasteiger partial charge in [0.2, 0.25) is 0 Å². The van der Waals surface area contributed by atoms with E-state index in [2.05, 4.69) is 5.10 Å². The molecule has 0 spiro atoms. The molecule has 1 aromatic heterocycles. The number of amides is 1. The maximum absolute atomic E-state index is 13.0. The summed E-state index contributed by atoms with van der Waals surface area (Å²) in [5.74, 6) is -0.414. The molecule has 2 aromatic rings. The van der Waals surface area contributed by atoms with Crippen LogP contribution in [-0.2, 0) is 16.1 Å². The number of ether oxygens (including phenoxy) is 1. The smallest absolute Gasteiger partial charge is 0.328 e. The Balaban J connectivity index is 1.77. The molecular weight excluding hydrogens is 318 g/mol. The second-order valence-electron chi connectivity index (χ2n) is 6.17. The number of esters is 1. The Bertz CT molecular complexity index is 727. The Labute approximate surface area is 147 Å². The van der Waals surface area contributed by atoms with Gasteiger partial charge in [0.05, 0.1) is 13.2 Å². The second-order valence-corrected chi connectivity index (χ2v) is 6.17. The van der Waals surface area contributed by atoms with E-state index < -0.39 is 6.04 Å². The standard InChI is InChI=1S/C19H23N3O3/c1-2-25-19(24)17-9-3-4-12-22(17)18(23)16-8-5-7-15(13-16)14-21-11-6-10-20-21/h5-8,10-11,13,17H,2-4,9,12,14H2,1H3/t17-/m0/s1. The van der Waals surface area contributed by atoms with Crippen LogP contribution in [0.4, 0.5) is 0 Å². The molecule has 0 bridgehead atoms. The van der Waals surface area contributed by atoms with Crippen molar-refractivity contribution in [2.45, 2.75) is 38.8 Å². The maximum atomic E-state index is 13.0. The molecule has 1 amide bonds. The van der Waals surface area contributed by atoms with Crippen molar-refractivity contribution in [1.29, 1.82) is 0 Å². The molecule has 6 heteroatoms. The van der Waals surface area contributed by atoms with E-state index in [0.717, 1.165) is 18.4 Å². The first-order valence-electron chi connectivity index (χ1n) is 8.73. The van der Waals surface area contributed by atoms with Crippen LogP contribution in [0.25, 0.3) is 0 Å². The average Bonchev–Trinajstić information content (AvgIpc) is 3.14. The van der Waals surface area contributed by atoms with Crippen molar-refractivity contribution >= 4 is 11.9 Å². The van der Waals surface area contributed by atoms with Crippen LogP contribution in [0.3, 0.4) is 0 Å². The SMILES string of the molecule is CCOC(=O)[C@@H]1CCCCN1C(=O)c1cccc(Cn2cccn2)c1. The van der Waals surface area contributed by atoms with Crippen LogP contribution in [0.5, 0.6) is 0 Å². The summed E-state index contributed by atoms with van der Waals surface area (Å²) in [6.45, 7) is 3.31. The van der Waals surface area contributed by atoms with Crippen LogP contribution in [0.15, 0.2) is 42.7 Å². The summed E-state index contributed by atoms with van der Waals surface area (Å²) < 4.78 is 6.96. The van der Waals surface area contributed by atoms with Crippen molar-refractivity contribution in [2.24, 2.45) is 0 Å². The fourth-order valence-corrected chi connectivity index (χ4v) is 3.21. The predicted octanol–water partition coefficient (Wildman–Crippen LogP) is 2.49. The van der Waals surface area contributed by atoms with Gasteiger partial charge < -0.3 is 9.64 Å². The summed E-state index contributed by atoms with van der Waals surface area (Å²) in [4.78, 5) is 26.8. The van der Waals surface area contributed by atoms with Crippen molar-refractivity contribution in [1.82, 2.24) is 14.7 Å². The maximum Gasteiger partial charge on any atom is 0.328 e. The van der Waals surface area contributed by atoms with Gasteiger partial charge in [0.25, 0.3) is 5.91 Å². The number of hydrogen-bond donors (Lipinski definition) is 0. The molecular formula is C19H23N3O3. The fourth-order valence-electron chi connectivity index (χ4n) is 3.21. The van der Waals surface area contributed by atoms with E-state index in [1.165, 1.54) is 0 Å². The molecule has 6 nitrogen and oxygen atoms in total. The van der Waals surface area contributed by atoms with Crippen molar-refractivity contribution in [3.63, 3.8) is 0 Å². The van der Waals surface area contributed by atoms with Crippen molar-refractivity contribution in [2.75, 3.05) is 13.2 Å². The number of carbonyl (C=O) groups excluding carboxylic acids is 2. The number of rotatable bonds is 5. The summed E-state index contributed by atoms with van der Waals surface area (Å²) in [5, 5.41) is 4.19. The molecule has 1 fully saturated rings. The van der Waals surface area contributed by atoms with E-state index in [1.54, 1.807) is 24.1 Å². The zero-order valence-electron chi connectivity index (χ0n) is 14.4. The highest BCUT2D eigenvalue weighted by atomic mass is 16.5. The van der Waals surface area contributed by atoms with Gasteiger partial charge in [-0.1, -0.05) is 12.1 Å². The normalized spacial score (nSPS) is 17.3. The lowest BCUT2D eigenvalue weighted by Crippen LogP contribution is -2.48. The molecule has 1 aliphatic rings. The molecule has 1 atom stereocenters. The van der Waals surface area contributed by atoms with Crippen molar-refractivity contribution in [3.8, 4) is 0 Å². The number of likely N-dealkylation sites (tertiary alicyclic amines) is 1. The van der Waals surface area contributed by atoms with Gasteiger partial charge in [-0.3, -0.25) is 9.48 Å². The zero-order valence-corrected chi connectivity index (χ0v) is 14.4. The molecule has 1 aromatic carbocycles. The Hall–Kier alpha value is -2.63. The number of piperidine rings is 1. The van der Waals surface area contributed by atoms with Crippen LogP contribution in [0, 0.1) is 0 Å². The van der Waals surface area contributed by atoms with E-state index >= 15 is 0 Å². The summed E-state index contributed by atoms with van der Waals surface area (Å²) >= 11 is 0. The molecule has 0 radical (unpaired) electrons. The van der Waals surface area contributed by atoms with Gasteiger partial charge >= 0.3 is 5.97 Å². The summed E-state index contributed by atoms with van der Waals surface area (Å²) in [7, 11) is 0. The molecule has 0 unspecified atom stereocenters. The minimum atomic E-state index is -0.476. The summed E-state index contributed by atoms with van der Waals surface area (Å²) in [6.07, 6.45) is 6.13. The number of nitrogens with zero attached hydrogens (tertiary/aromatic N) is 3. The Morgan fingerprint density at radius 3 is 2.92 bits per heavy atom. The molecule has 2 heterocycles. The average molecular weight is 341 g/mol. The zero-order chi connectivity index (χ0) is 17.6. The monoisotopic (exact) mass is 341 g/mol. The van der Waals surface area contributed by atoms with Crippen molar-refractivity contribution in [3.05, 3.63) is 53.9 Å². The minimum absolute atomic E-state index is 0.111. The Morgan fingerprint density at radius 1 is 1.28 bits per heavy atom. The van der Waals surface area contributed by atoms with Gasteiger partial charge in [0.1, 0.15) is 6.04 Å². The van der Waals surface area contributed by atoms with E-state index in [9.17, 15) is 9.59 Å². The molecule has 25 heavy (non-hydrogen) atoms. The molecule has 0 N–H and O–H groups in total. The molecule has 0 aliphatic carbocycles. The number of hydrogen-bond acceptors (Lipinski definition) is 4. The highest BCUT2D eigenvalue weighted by molar-refractivity contribution is 5.97. The molecule has 0 saturated carbocycles. The minimum Gasteiger partial charge on any atom is -0.464 e. The molecule has 132 valence electrons. The number of benzene rings is 1. The van der Waals surface area contributed by atoms with Gasteiger partial charge in [-0.15, -0.1) is 0 Å². The third-order valence-corrected chi connectivity index (χ3v) is 4.40. The summed E-state index contributed by atoms with van der Waals surface area (Å²) in [5.41, 5.74) is 1.60. The van der Waals surface area contributed by atoms with Gasteiger partial charge in [0.15, 0.2) is 0 Å². The van der Waals surface area contributed by atoms with E-state index in [4.69, 9.17) is 4.74 Å². The van der Waals surface area contributed by atoms with Gasteiger partial charge in [0, 0.05) is 24.5 Å². The highest BCUT2D eigenvalue weighted by Crippen LogP contribution is 2.21. The van der Waals surface area contributed by atoms with Crippen LogP contribution >= 0.6 is 0 Å². The third kappa shape index (κ3) is 4.07. The van der Waals surface area contributed by atoms with Gasteiger partial charge in [-0.05, 0) is 49.9 Å². The van der Waals surface area contributed by atoms with Gasteiger partial charge in [-0.2, -0.15) is 5.10 Å². The second kappa shape index (κ2) is 7.96. The first kappa shape index (κ1) is 17.2. The quantitative estimate of drug-likeness (QED) is 0.784. The van der Waals surface area contributed by atoms with E-state index in [0.29, 0.717) is 31.7 Å². The number of aromatic nitrogens is 2. The molecule has 3 rings (SSSR count). The lowest BCUT2D eigenvalue weighted by Gasteiger charge is -2.34. The highest BCUT2D eigenvalue weighted by Gasteiger charge is 2.33. The van der Waals surface area contributed by atoms with Crippen LogP contribution in [0.2, 0.25) is 0 Å². The van der Waals surface area contributed by atoms with Gasteiger partial charge in [-0.25, -0.2) is 4.79 Å². The topological polar surface area (TPSA) is 64.4 Å². The van der Waals surface area contributed by atoms with Crippen LogP contribution < -0.4 is 0 Å². The third-order valence-electron chi connectivity index (χ3n) is 4.40. The molecule has 1 aliphatic heterocycles. The fraction of sp³-hybridized carbons (Fsp3) is 0.421. The largest absolute Gasteiger partial charge is 0.464 e. The molecule has 1 saturated heterocycles. The van der Waals surface area contributed by atoms with Crippen LogP contribution in [-0.4, -0.2) is 45.8 Å².